The predicted octanol–water partition coefficient (Wildman–Crippen LogP) is 4.67. The van der Waals surface area contributed by atoms with E-state index in [2.05, 4.69) is 41.5 Å². The van der Waals surface area contributed by atoms with E-state index in [0.29, 0.717) is 0 Å². The first kappa shape index (κ1) is 10.8. The summed E-state index contributed by atoms with van der Waals surface area (Å²) in [4.78, 5) is 4.59. The van der Waals surface area contributed by atoms with Crippen LogP contribution in [0.2, 0.25) is 0 Å². The number of rotatable bonds is 1. The van der Waals surface area contributed by atoms with Crippen LogP contribution in [0.1, 0.15) is 50.0 Å². The Labute approximate surface area is 103 Å². The number of pyridine rings is 1. The van der Waals surface area contributed by atoms with Gasteiger partial charge >= 0.3 is 0 Å². The van der Waals surface area contributed by atoms with E-state index in [4.69, 9.17) is 0 Å². The number of aromatic nitrogens is 1. The molecule has 0 bridgehead atoms. The van der Waals surface area contributed by atoms with E-state index in [0.717, 1.165) is 11.4 Å². The summed E-state index contributed by atoms with van der Waals surface area (Å²) < 4.78 is 0. The molecule has 1 nitrogen and oxygen atoms in total. The van der Waals surface area contributed by atoms with E-state index < -0.39 is 0 Å². The molecule has 0 spiro atoms. The lowest BCUT2D eigenvalue weighted by Crippen LogP contribution is -1.98. The van der Waals surface area contributed by atoms with Crippen LogP contribution in [0.25, 0.3) is 10.9 Å². The van der Waals surface area contributed by atoms with E-state index in [1.807, 2.05) is 0 Å². The molecule has 1 aliphatic carbocycles. The third kappa shape index (κ3) is 2.33. The van der Waals surface area contributed by atoms with Crippen molar-refractivity contribution in [3.63, 3.8) is 0 Å². The Hall–Kier alpha value is -1.37. The Morgan fingerprint density at radius 2 is 1.71 bits per heavy atom. The van der Waals surface area contributed by atoms with Crippen molar-refractivity contribution in [1.29, 1.82) is 0 Å². The maximum absolute atomic E-state index is 4.59. The highest BCUT2D eigenvalue weighted by Gasteiger charge is 2.14. The number of hydrogen-bond donors (Lipinski definition) is 0. The molecule has 1 heterocycles. The van der Waals surface area contributed by atoms with Crippen molar-refractivity contribution in [1.82, 2.24) is 4.98 Å². The fourth-order valence-electron chi connectivity index (χ4n) is 2.92. The molecular weight excluding hydrogens is 206 g/mol. The first-order chi connectivity index (χ1) is 8.43. The lowest BCUT2D eigenvalue weighted by atomic mass is 9.92. The number of fused-ring (bicyclic) bond motifs is 1. The Morgan fingerprint density at radius 3 is 2.53 bits per heavy atom. The maximum Gasteiger partial charge on any atom is 0.0702 e. The zero-order valence-electron chi connectivity index (χ0n) is 10.2. The molecule has 1 saturated carbocycles. The third-order valence-corrected chi connectivity index (χ3v) is 3.94. The van der Waals surface area contributed by atoms with Gasteiger partial charge in [0.05, 0.1) is 5.52 Å². The molecule has 0 saturated heterocycles. The second-order valence-electron chi connectivity index (χ2n) is 5.15. The van der Waals surface area contributed by atoms with Crippen LogP contribution < -0.4 is 0 Å². The van der Waals surface area contributed by atoms with Crippen LogP contribution in [0.5, 0.6) is 0 Å². The quantitative estimate of drug-likeness (QED) is 0.642. The van der Waals surface area contributed by atoms with Gasteiger partial charge in [0, 0.05) is 11.6 Å². The van der Waals surface area contributed by atoms with Crippen molar-refractivity contribution in [3.8, 4) is 0 Å². The normalized spacial score (nSPS) is 18.1. The summed E-state index contributed by atoms with van der Waals surface area (Å²) in [5.74, 6) is 0.745. The zero-order chi connectivity index (χ0) is 11.5. The molecule has 0 radical (unpaired) electrons. The van der Waals surface area contributed by atoms with Crippen LogP contribution in [0.15, 0.2) is 36.5 Å². The Bertz CT molecular complexity index is 496. The largest absolute Gasteiger partial charge is 0.256 e. The molecule has 0 unspecified atom stereocenters. The van der Waals surface area contributed by atoms with Gasteiger partial charge in [0.25, 0.3) is 0 Å². The van der Waals surface area contributed by atoms with Gasteiger partial charge < -0.3 is 0 Å². The summed E-state index contributed by atoms with van der Waals surface area (Å²) in [5.41, 5.74) is 2.57. The van der Waals surface area contributed by atoms with Crippen LogP contribution in [-0.2, 0) is 0 Å². The number of hydrogen-bond acceptors (Lipinski definition) is 1. The van der Waals surface area contributed by atoms with Crippen molar-refractivity contribution in [2.24, 2.45) is 0 Å². The highest BCUT2D eigenvalue weighted by Crippen LogP contribution is 2.32. The minimum absolute atomic E-state index is 0.745. The van der Waals surface area contributed by atoms with Gasteiger partial charge in [-0.25, -0.2) is 0 Å². The molecule has 0 N–H and O–H groups in total. The molecule has 2 aromatic rings. The van der Waals surface area contributed by atoms with Crippen molar-refractivity contribution in [2.45, 2.75) is 44.4 Å². The minimum Gasteiger partial charge on any atom is -0.256 e. The first-order valence-electron chi connectivity index (χ1n) is 6.78. The molecule has 1 heteroatoms. The lowest BCUT2D eigenvalue weighted by Gasteiger charge is -2.14. The van der Waals surface area contributed by atoms with Crippen LogP contribution in [0.4, 0.5) is 0 Å². The molecular formula is C16H19N. The van der Waals surface area contributed by atoms with Crippen molar-refractivity contribution >= 4 is 10.9 Å². The molecule has 1 fully saturated rings. The van der Waals surface area contributed by atoms with E-state index in [9.17, 15) is 0 Å². The molecule has 0 atom stereocenters. The van der Waals surface area contributed by atoms with Crippen LogP contribution >= 0.6 is 0 Å². The molecule has 1 aromatic heterocycles. The molecule has 0 amide bonds. The molecule has 1 aromatic carbocycles. The number of benzene rings is 1. The smallest absolute Gasteiger partial charge is 0.0702 e. The standard InChI is InChI=1S/C16H19N/c1-2-4-8-13(7-3-1)15-11-14-9-5-6-10-16(14)17-12-15/h5-6,9-13H,1-4,7-8H2. The Morgan fingerprint density at radius 1 is 0.941 bits per heavy atom. The van der Waals surface area contributed by atoms with Gasteiger partial charge in [-0.15, -0.1) is 0 Å². The average Bonchev–Trinajstić information content (AvgIpc) is 2.67. The Balaban J connectivity index is 1.93. The molecule has 88 valence electrons. The summed E-state index contributed by atoms with van der Waals surface area (Å²) in [6, 6.07) is 10.8. The summed E-state index contributed by atoms with van der Waals surface area (Å²) >= 11 is 0. The minimum atomic E-state index is 0.745. The molecule has 0 aliphatic heterocycles. The second kappa shape index (κ2) is 4.87. The highest BCUT2D eigenvalue weighted by atomic mass is 14.6. The van der Waals surface area contributed by atoms with Crippen molar-refractivity contribution in [3.05, 3.63) is 42.1 Å². The topological polar surface area (TPSA) is 12.9 Å². The lowest BCUT2D eigenvalue weighted by molar-refractivity contribution is 0.591. The molecule has 17 heavy (non-hydrogen) atoms. The first-order valence-corrected chi connectivity index (χ1v) is 6.78. The summed E-state index contributed by atoms with van der Waals surface area (Å²) in [6.07, 6.45) is 10.4. The highest BCUT2D eigenvalue weighted by molar-refractivity contribution is 5.78. The summed E-state index contributed by atoms with van der Waals surface area (Å²) in [7, 11) is 0. The van der Waals surface area contributed by atoms with Gasteiger partial charge in [-0.05, 0) is 36.5 Å². The third-order valence-electron chi connectivity index (χ3n) is 3.94. The predicted molar refractivity (Wildman–Crippen MR) is 72.2 cm³/mol. The van der Waals surface area contributed by atoms with Crippen LogP contribution in [0.3, 0.4) is 0 Å². The fourth-order valence-corrected chi connectivity index (χ4v) is 2.92. The fraction of sp³-hybridized carbons (Fsp3) is 0.438. The van der Waals surface area contributed by atoms with E-state index in [-0.39, 0.29) is 0 Å². The SMILES string of the molecule is c1ccc2ncc(C3CCCCCC3)cc2c1. The van der Waals surface area contributed by atoms with Crippen LogP contribution in [0, 0.1) is 0 Å². The number of para-hydroxylation sites is 1. The summed E-state index contributed by atoms with van der Waals surface area (Å²) in [6.45, 7) is 0. The Kier molecular flexibility index (Phi) is 3.08. The van der Waals surface area contributed by atoms with Gasteiger partial charge in [-0.1, -0.05) is 43.9 Å². The average molecular weight is 225 g/mol. The second-order valence-corrected chi connectivity index (χ2v) is 5.15. The van der Waals surface area contributed by atoms with E-state index in [1.165, 1.54) is 49.5 Å². The van der Waals surface area contributed by atoms with Crippen LogP contribution in [-0.4, -0.2) is 4.98 Å². The van der Waals surface area contributed by atoms with Gasteiger partial charge in [0.15, 0.2) is 0 Å². The molecule has 1 aliphatic rings. The molecule has 3 rings (SSSR count). The van der Waals surface area contributed by atoms with E-state index in [1.54, 1.807) is 0 Å². The monoisotopic (exact) mass is 225 g/mol. The van der Waals surface area contributed by atoms with Gasteiger partial charge in [-0.3, -0.25) is 4.98 Å². The van der Waals surface area contributed by atoms with Gasteiger partial charge in [-0.2, -0.15) is 0 Å². The number of nitrogens with zero attached hydrogens (tertiary/aromatic N) is 1. The maximum atomic E-state index is 4.59. The van der Waals surface area contributed by atoms with Gasteiger partial charge in [0.2, 0.25) is 0 Å². The van der Waals surface area contributed by atoms with Gasteiger partial charge in [0.1, 0.15) is 0 Å². The van der Waals surface area contributed by atoms with Crippen molar-refractivity contribution < 1.29 is 0 Å². The van der Waals surface area contributed by atoms with E-state index >= 15 is 0 Å². The summed E-state index contributed by atoms with van der Waals surface area (Å²) in [5, 5.41) is 1.29. The zero-order valence-corrected chi connectivity index (χ0v) is 10.2. The van der Waals surface area contributed by atoms with Crippen molar-refractivity contribution in [2.75, 3.05) is 0 Å².